The van der Waals surface area contributed by atoms with Gasteiger partial charge in [0.2, 0.25) is 0 Å². The van der Waals surface area contributed by atoms with Gasteiger partial charge in [0.1, 0.15) is 11.5 Å². The molecular formula is C13H14ClNO2S. The van der Waals surface area contributed by atoms with E-state index < -0.39 is 0 Å². The molecule has 0 radical (unpaired) electrons. The van der Waals surface area contributed by atoms with Gasteiger partial charge in [-0.25, -0.2) is 0 Å². The van der Waals surface area contributed by atoms with Gasteiger partial charge in [0.15, 0.2) is 0 Å². The minimum Gasteiger partial charge on any atom is -0.497 e. The Morgan fingerprint density at radius 1 is 1.22 bits per heavy atom. The number of benzene rings is 1. The lowest BCUT2D eigenvalue weighted by molar-refractivity contribution is 0.410. The van der Waals surface area contributed by atoms with Crippen molar-refractivity contribution in [1.29, 1.82) is 0 Å². The number of hydrogen-bond acceptors (Lipinski definition) is 4. The lowest BCUT2D eigenvalue weighted by Crippen LogP contribution is -2.11. The molecule has 1 heterocycles. The molecule has 0 aliphatic carbocycles. The van der Waals surface area contributed by atoms with Crippen molar-refractivity contribution in [3.05, 3.63) is 45.1 Å². The second-order valence-electron chi connectivity index (χ2n) is 3.72. The van der Waals surface area contributed by atoms with Crippen LogP contribution in [0.4, 0.5) is 0 Å². The summed E-state index contributed by atoms with van der Waals surface area (Å²) >= 11 is 7.78. The highest BCUT2D eigenvalue weighted by atomic mass is 35.5. The van der Waals surface area contributed by atoms with E-state index in [4.69, 9.17) is 26.8 Å². The lowest BCUT2D eigenvalue weighted by atomic mass is 10.1. The number of hydrogen-bond donors (Lipinski definition) is 1. The minimum atomic E-state index is -0.293. The summed E-state index contributed by atoms with van der Waals surface area (Å²) in [4.78, 5) is 0.963. The number of thiophene rings is 1. The van der Waals surface area contributed by atoms with E-state index >= 15 is 0 Å². The van der Waals surface area contributed by atoms with Crippen LogP contribution in [0.25, 0.3) is 0 Å². The summed E-state index contributed by atoms with van der Waals surface area (Å²) in [6, 6.07) is 7.10. The Bertz CT molecular complexity index is 542. The van der Waals surface area contributed by atoms with Crippen LogP contribution in [0.1, 0.15) is 16.5 Å². The van der Waals surface area contributed by atoms with Crippen molar-refractivity contribution in [3.8, 4) is 11.5 Å². The van der Waals surface area contributed by atoms with Gasteiger partial charge < -0.3 is 15.2 Å². The SMILES string of the molecule is COc1ccc(C(N)c2sccc2OC)c(Cl)c1. The fourth-order valence-electron chi connectivity index (χ4n) is 1.73. The standard InChI is InChI=1S/C13H14ClNO2S/c1-16-8-3-4-9(10(14)7-8)12(15)13-11(17-2)5-6-18-13/h3-7,12H,15H2,1-2H3. The first-order valence-electron chi connectivity index (χ1n) is 5.37. The van der Waals surface area contributed by atoms with E-state index in [0.29, 0.717) is 10.8 Å². The van der Waals surface area contributed by atoms with E-state index in [1.807, 2.05) is 23.6 Å². The van der Waals surface area contributed by atoms with E-state index in [1.54, 1.807) is 31.6 Å². The third kappa shape index (κ3) is 2.46. The van der Waals surface area contributed by atoms with Crippen LogP contribution in [-0.2, 0) is 0 Å². The molecule has 0 aliphatic heterocycles. The molecule has 0 saturated heterocycles. The Labute approximate surface area is 115 Å². The molecule has 2 N–H and O–H groups in total. The fraction of sp³-hybridized carbons (Fsp3) is 0.231. The van der Waals surface area contributed by atoms with E-state index in [2.05, 4.69) is 0 Å². The average molecular weight is 284 g/mol. The molecule has 0 saturated carbocycles. The second kappa shape index (κ2) is 5.61. The summed E-state index contributed by atoms with van der Waals surface area (Å²) < 4.78 is 10.4. The zero-order chi connectivity index (χ0) is 13.1. The van der Waals surface area contributed by atoms with Crippen LogP contribution >= 0.6 is 22.9 Å². The molecule has 0 aliphatic rings. The molecule has 0 spiro atoms. The van der Waals surface area contributed by atoms with Gasteiger partial charge in [-0.15, -0.1) is 11.3 Å². The van der Waals surface area contributed by atoms with Crippen LogP contribution in [0.5, 0.6) is 11.5 Å². The topological polar surface area (TPSA) is 44.5 Å². The maximum Gasteiger partial charge on any atom is 0.134 e. The molecule has 2 aromatic rings. The van der Waals surface area contributed by atoms with Crippen molar-refractivity contribution in [2.24, 2.45) is 5.73 Å². The highest BCUT2D eigenvalue weighted by Crippen LogP contribution is 2.36. The van der Waals surface area contributed by atoms with E-state index in [0.717, 1.165) is 16.2 Å². The summed E-state index contributed by atoms with van der Waals surface area (Å²) in [7, 11) is 3.24. The van der Waals surface area contributed by atoms with Crippen LogP contribution in [0, 0.1) is 0 Å². The molecule has 2 rings (SSSR count). The van der Waals surface area contributed by atoms with E-state index in [9.17, 15) is 0 Å². The third-order valence-electron chi connectivity index (χ3n) is 2.70. The minimum absolute atomic E-state index is 0.293. The fourth-order valence-corrected chi connectivity index (χ4v) is 2.90. The van der Waals surface area contributed by atoms with Crippen LogP contribution in [-0.4, -0.2) is 14.2 Å². The van der Waals surface area contributed by atoms with Crippen LogP contribution in [0.2, 0.25) is 5.02 Å². The molecule has 18 heavy (non-hydrogen) atoms. The van der Waals surface area contributed by atoms with Gasteiger partial charge in [-0.1, -0.05) is 17.7 Å². The molecule has 1 atom stereocenters. The summed E-state index contributed by atoms with van der Waals surface area (Å²) in [5.41, 5.74) is 7.09. The van der Waals surface area contributed by atoms with Gasteiger partial charge in [0.05, 0.1) is 25.1 Å². The Kier molecular flexibility index (Phi) is 4.11. The molecule has 1 unspecified atom stereocenters. The Balaban J connectivity index is 2.37. The number of nitrogens with two attached hydrogens (primary N) is 1. The summed E-state index contributed by atoms with van der Waals surface area (Å²) in [5, 5.41) is 2.54. The van der Waals surface area contributed by atoms with Crippen molar-refractivity contribution in [2.75, 3.05) is 14.2 Å². The van der Waals surface area contributed by atoms with Crippen LogP contribution in [0.15, 0.2) is 29.6 Å². The average Bonchev–Trinajstić information content (AvgIpc) is 2.86. The van der Waals surface area contributed by atoms with Crippen molar-refractivity contribution >= 4 is 22.9 Å². The number of ether oxygens (including phenoxy) is 2. The first-order valence-corrected chi connectivity index (χ1v) is 6.63. The van der Waals surface area contributed by atoms with Crippen molar-refractivity contribution in [1.82, 2.24) is 0 Å². The predicted molar refractivity (Wildman–Crippen MR) is 74.9 cm³/mol. The summed E-state index contributed by atoms with van der Waals surface area (Å²) in [6.07, 6.45) is 0. The molecule has 1 aromatic carbocycles. The number of rotatable bonds is 4. The monoisotopic (exact) mass is 283 g/mol. The summed E-state index contributed by atoms with van der Waals surface area (Å²) in [6.45, 7) is 0. The summed E-state index contributed by atoms with van der Waals surface area (Å²) in [5.74, 6) is 1.51. The zero-order valence-corrected chi connectivity index (χ0v) is 11.7. The molecule has 0 bridgehead atoms. The smallest absolute Gasteiger partial charge is 0.134 e. The van der Waals surface area contributed by atoms with Crippen molar-refractivity contribution in [2.45, 2.75) is 6.04 Å². The quantitative estimate of drug-likeness (QED) is 0.934. The number of halogens is 1. The first kappa shape index (κ1) is 13.2. The maximum absolute atomic E-state index is 6.23. The second-order valence-corrected chi connectivity index (χ2v) is 5.07. The molecule has 0 amide bonds. The van der Waals surface area contributed by atoms with Gasteiger partial charge in [0.25, 0.3) is 0 Å². The van der Waals surface area contributed by atoms with Gasteiger partial charge in [-0.3, -0.25) is 0 Å². The van der Waals surface area contributed by atoms with Gasteiger partial charge in [0, 0.05) is 5.02 Å². The molecule has 1 aromatic heterocycles. The Morgan fingerprint density at radius 3 is 2.61 bits per heavy atom. The highest BCUT2D eigenvalue weighted by Gasteiger charge is 2.18. The van der Waals surface area contributed by atoms with Gasteiger partial charge >= 0.3 is 0 Å². The van der Waals surface area contributed by atoms with E-state index in [-0.39, 0.29) is 6.04 Å². The van der Waals surface area contributed by atoms with Crippen LogP contribution in [0.3, 0.4) is 0 Å². The molecule has 0 fully saturated rings. The number of methoxy groups -OCH3 is 2. The van der Waals surface area contributed by atoms with Gasteiger partial charge in [-0.05, 0) is 29.1 Å². The van der Waals surface area contributed by atoms with Crippen LogP contribution < -0.4 is 15.2 Å². The molecule has 5 heteroatoms. The molecule has 3 nitrogen and oxygen atoms in total. The maximum atomic E-state index is 6.23. The lowest BCUT2D eigenvalue weighted by Gasteiger charge is -2.14. The predicted octanol–water partition coefficient (Wildman–Crippen LogP) is 3.47. The largest absolute Gasteiger partial charge is 0.497 e. The van der Waals surface area contributed by atoms with Crippen molar-refractivity contribution in [3.63, 3.8) is 0 Å². The molecule has 96 valence electrons. The Hall–Kier alpha value is -1.23. The highest BCUT2D eigenvalue weighted by molar-refractivity contribution is 7.10. The first-order chi connectivity index (χ1) is 8.67. The Morgan fingerprint density at radius 2 is 2.00 bits per heavy atom. The van der Waals surface area contributed by atoms with E-state index in [1.165, 1.54) is 0 Å². The van der Waals surface area contributed by atoms with Gasteiger partial charge in [-0.2, -0.15) is 0 Å². The zero-order valence-electron chi connectivity index (χ0n) is 10.1. The third-order valence-corrected chi connectivity index (χ3v) is 4.01. The normalized spacial score (nSPS) is 12.2. The van der Waals surface area contributed by atoms with Crippen molar-refractivity contribution < 1.29 is 9.47 Å². The molecular weight excluding hydrogens is 270 g/mol.